The lowest BCUT2D eigenvalue weighted by molar-refractivity contribution is -0.148. The lowest BCUT2D eigenvalue weighted by atomic mass is 10.0. The van der Waals surface area contributed by atoms with Gasteiger partial charge in [0.25, 0.3) is 0 Å². The summed E-state index contributed by atoms with van der Waals surface area (Å²) in [5, 5.41) is 3.13. The van der Waals surface area contributed by atoms with Crippen molar-refractivity contribution < 1.29 is 13.2 Å². The average molecular weight is 274 g/mol. The van der Waals surface area contributed by atoms with Crippen LogP contribution < -0.4 is 11.1 Å². The summed E-state index contributed by atoms with van der Waals surface area (Å²) in [6.45, 7) is 2.53. The molecule has 2 heterocycles. The van der Waals surface area contributed by atoms with Crippen LogP contribution in [-0.2, 0) is 0 Å². The maximum Gasteiger partial charge on any atom is 0.390 e. The third kappa shape index (κ3) is 3.81. The first-order valence-corrected chi connectivity index (χ1v) is 6.19. The highest BCUT2D eigenvalue weighted by Gasteiger charge is 2.36. The van der Waals surface area contributed by atoms with Crippen molar-refractivity contribution >= 4 is 5.82 Å². The monoisotopic (exact) mass is 274 g/mol. The number of hydrogen-bond donors (Lipinski definition) is 2. The second-order valence-corrected chi connectivity index (χ2v) is 4.60. The van der Waals surface area contributed by atoms with Crippen molar-refractivity contribution in [1.29, 1.82) is 0 Å². The number of piperazine rings is 1. The molecule has 1 aliphatic rings. The summed E-state index contributed by atoms with van der Waals surface area (Å²) in [5.74, 6) is 0.176. The van der Waals surface area contributed by atoms with Crippen LogP contribution in [0, 0.1) is 0 Å². The molecule has 106 valence electrons. The standard InChI is InChI=1S/C12H17F3N4/c13-12(14,15)8-10(19-6-4-17-5-7-19)9-2-1-3-18-11(9)16/h1-3,10,17H,4-8H2,(H2,16,18)/t10-/m1/s1. The van der Waals surface area contributed by atoms with Crippen molar-refractivity contribution in [1.82, 2.24) is 15.2 Å². The van der Waals surface area contributed by atoms with E-state index in [4.69, 9.17) is 5.73 Å². The minimum Gasteiger partial charge on any atom is -0.383 e. The second-order valence-electron chi connectivity index (χ2n) is 4.60. The summed E-state index contributed by atoms with van der Waals surface area (Å²) in [6.07, 6.45) is -3.64. The predicted molar refractivity (Wildman–Crippen MR) is 66.5 cm³/mol. The molecule has 1 fully saturated rings. The molecule has 1 atom stereocenters. The fourth-order valence-corrected chi connectivity index (χ4v) is 2.36. The van der Waals surface area contributed by atoms with E-state index in [1.54, 1.807) is 12.1 Å². The third-order valence-electron chi connectivity index (χ3n) is 3.25. The number of nitrogens with two attached hydrogens (primary N) is 1. The molecule has 2 rings (SSSR count). The number of rotatable bonds is 3. The SMILES string of the molecule is Nc1ncccc1[C@@H](CC(F)(F)F)N1CCNCC1. The molecule has 4 nitrogen and oxygen atoms in total. The Morgan fingerprint density at radius 3 is 2.63 bits per heavy atom. The number of aromatic nitrogens is 1. The Bertz CT molecular complexity index is 416. The molecule has 3 N–H and O–H groups in total. The molecule has 1 aromatic rings. The maximum atomic E-state index is 12.8. The number of hydrogen-bond acceptors (Lipinski definition) is 4. The number of nitrogens with zero attached hydrogens (tertiary/aromatic N) is 2. The van der Waals surface area contributed by atoms with Gasteiger partial charge in [-0.1, -0.05) is 6.07 Å². The number of nitrogen functional groups attached to an aromatic ring is 1. The predicted octanol–water partition coefficient (Wildman–Crippen LogP) is 1.56. The molecule has 0 unspecified atom stereocenters. The number of pyridine rings is 1. The van der Waals surface area contributed by atoms with Crippen LogP contribution in [0.25, 0.3) is 0 Å². The summed E-state index contributed by atoms with van der Waals surface area (Å²) in [5.41, 5.74) is 6.19. The van der Waals surface area contributed by atoms with Crippen molar-refractivity contribution in [2.75, 3.05) is 31.9 Å². The van der Waals surface area contributed by atoms with Crippen molar-refractivity contribution in [2.24, 2.45) is 0 Å². The zero-order valence-corrected chi connectivity index (χ0v) is 10.5. The van der Waals surface area contributed by atoms with E-state index in [-0.39, 0.29) is 5.82 Å². The van der Waals surface area contributed by atoms with E-state index in [1.807, 2.05) is 4.90 Å². The Balaban J connectivity index is 2.25. The molecule has 0 aliphatic carbocycles. The zero-order chi connectivity index (χ0) is 13.9. The molecule has 7 heteroatoms. The lowest BCUT2D eigenvalue weighted by Crippen LogP contribution is -2.46. The number of nitrogens with one attached hydrogen (secondary N) is 1. The van der Waals surface area contributed by atoms with Crippen molar-refractivity contribution in [2.45, 2.75) is 18.6 Å². The Morgan fingerprint density at radius 1 is 1.37 bits per heavy atom. The summed E-state index contributed by atoms with van der Waals surface area (Å²) in [4.78, 5) is 5.71. The average Bonchev–Trinajstić information content (AvgIpc) is 2.37. The molecule has 1 aromatic heterocycles. The van der Waals surface area contributed by atoms with Crippen molar-refractivity contribution in [3.05, 3.63) is 23.9 Å². The van der Waals surface area contributed by atoms with Gasteiger partial charge >= 0.3 is 6.18 Å². The molecule has 0 saturated carbocycles. The fraction of sp³-hybridized carbons (Fsp3) is 0.583. The largest absolute Gasteiger partial charge is 0.390 e. The molecule has 0 spiro atoms. The Hall–Kier alpha value is -1.34. The summed E-state index contributed by atoms with van der Waals surface area (Å²) >= 11 is 0. The van der Waals surface area contributed by atoms with Crippen LogP contribution in [0.5, 0.6) is 0 Å². The third-order valence-corrected chi connectivity index (χ3v) is 3.25. The van der Waals surface area contributed by atoms with Gasteiger partial charge in [0.1, 0.15) is 5.82 Å². The lowest BCUT2D eigenvalue weighted by Gasteiger charge is -2.35. The van der Waals surface area contributed by atoms with Gasteiger partial charge < -0.3 is 11.1 Å². The number of alkyl halides is 3. The van der Waals surface area contributed by atoms with Gasteiger partial charge in [-0.15, -0.1) is 0 Å². The Kier molecular flexibility index (Phi) is 4.26. The topological polar surface area (TPSA) is 54.2 Å². The van der Waals surface area contributed by atoms with Crippen LogP contribution in [0.2, 0.25) is 0 Å². The van der Waals surface area contributed by atoms with Gasteiger partial charge in [-0.25, -0.2) is 4.98 Å². The zero-order valence-electron chi connectivity index (χ0n) is 10.5. The van der Waals surface area contributed by atoms with E-state index in [1.165, 1.54) is 6.20 Å². The van der Waals surface area contributed by atoms with Gasteiger partial charge in [-0.05, 0) is 6.07 Å². The molecule has 0 bridgehead atoms. The fourth-order valence-electron chi connectivity index (χ4n) is 2.36. The van der Waals surface area contributed by atoms with Gasteiger partial charge in [-0.3, -0.25) is 4.90 Å². The van der Waals surface area contributed by atoms with Gasteiger partial charge in [-0.2, -0.15) is 13.2 Å². The van der Waals surface area contributed by atoms with E-state index in [0.717, 1.165) is 0 Å². The first-order valence-electron chi connectivity index (χ1n) is 6.19. The smallest absolute Gasteiger partial charge is 0.383 e. The minimum atomic E-state index is -4.22. The Morgan fingerprint density at radius 2 is 2.05 bits per heavy atom. The van der Waals surface area contributed by atoms with E-state index in [9.17, 15) is 13.2 Å². The molecule has 19 heavy (non-hydrogen) atoms. The van der Waals surface area contributed by atoms with Gasteiger partial charge in [0, 0.05) is 44.0 Å². The van der Waals surface area contributed by atoms with E-state index in [2.05, 4.69) is 10.3 Å². The van der Waals surface area contributed by atoms with Crippen molar-refractivity contribution in [3.8, 4) is 0 Å². The van der Waals surface area contributed by atoms with Crippen molar-refractivity contribution in [3.63, 3.8) is 0 Å². The Labute approximate surface area is 109 Å². The molecule has 0 radical (unpaired) electrons. The summed E-state index contributed by atoms with van der Waals surface area (Å²) in [7, 11) is 0. The summed E-state index contributed by atoms with van der Waals surface area (Å²) in [6, 6.07) is 2.49. The molecular formula is C12H17F3N4. The first kappa shape index (κ1) is 14.1. The second kappa shape index (κ2) is 5.75. The van der Waals surface area contributed by atoms with E-state index >= 15 is 0 Å². The van der Waals surface area contributed by atoms with Crippen LogP contribution in [0.1, 0.15) is 18.0 Å². The van der Waals surface area contributed by atoms with E-state index < -0.39 is 18.6 Å². The maximum absolute atomic E-state index is 12.8. The molecule has 1 saturated heterocycles. The highest BCUT2D eigenvalue weighted by molar-refractivity contribution is 5.41. The molecule has 1 aliphatic heterocycles. The van der Waals surface area contributed by atoms with Gasteiger partial charge in [0.15, 0.2) is 0 Å². The van der Waals surface area contributed by atoms with Crippen LogP contribution in [-0.4, -0.2) is 42.2 Å². The highest BCUT2D eigenvalue weighted by Crippen LogP contribution is 2.35. The van der Waals surface area contributed by atoms with E-state index in [0.29, 0.717) is 31.7 Å². The quantitative estimate of drug-likeness (QED) is 0.878. The summed E-state index contributed by atoms with van der Waals surface area (Å²) < 4.78 is 38.3. The highest BCUT2D eigenvalue weighted by atomic mass is 19.4. The van der Waals surface area contributed by atoms with Crippen LogP contribution >= 0.6 is 0 Å². The number of halogens is 3. The van der Waals surface area contributed by atoms with Gasteiger partial charge in [0.2, 0.25) is 0 Å². The first-order chi connectivity index (χ1) is 8.97. The molecule has 0 aromatic carbocycles. The van der Waals surface area contributed by atoms with Gasteiger partial charge in [0.05, 0.1) is 6.42 Å². The van der Waals surface area contributed by atoms with Crippen LogP contribution in [0.3, 0.4) is 0 Å². The minimum absolute atomic E-state index is 0.176. The van der Waals surface area contributed by atoms with Crippen LogP contribution in [0.15, 0.2) is 18.3 Å². The van der Waals surface area contributed by atoms with Crippen LogP contribution in [0.4, 0.5) is 19.0 Å². The molecule has 0 amide bonds. The molecular weight excluding hydrogens is 257 g/mol. The normalized spacial score (nSPS) is 19.3. The number of anilines is 1.